The second-order valence-electron chi connectivity index (χ2n) is 4.57. The van der Waals surface area contributed by atoms with Crippen molar-refractivity contribution in [2.75, 3.05) is 0 Å². The van der Waals surface area contributed by atoms with Crippen LogP contribution in [0.25, 0.3) is 10.6 Å². The number of pyridine rings is 1. The molecular formula is C16H12FN3OS. The summed E-state index contributed by atoms with van der Waals surface area (Å²) in [7, 11) is 0. The van der Waals surface area contributed by atoms with E-state index in [0.29, 0.717) is 12.1 Å². The zero-order valence-electron chi connectivity index (χ0n) is 11.5. The molecule has 1 amide bonds. The van der Waals surface area contributed by atoms with Gasteiger partial charge in [0.2, 0.25) is 0 Å². The number of hydrogen-bond donors (Lipinski definition) is 1. The number of amides is 1. The fourth-order valence-corrected chi connectivity index (χ4v) is 2.72. The van der Waals surface area contributed by atoms with Crippen LogP contribution in [0.1, 0.15) is 16.1 Å². The summed E-state index contributed by atoms with van der Waals surface area (Å²) in [5.74, 6) is -0.614. The van der Waals surface area contributed by atoms with Crippen molar-refractivity contribution in [1.29, 1.82) is 0 Å². The Morgan fingerprint density at radius 3 is 2.59 bits per heavy atom. The van der Waals surface area contributed by atoms with Gasteiger partial charge in [-0.15, -0.1) is 11.3 Å². The molecule has 3 aromatic rings. The fraction of sp³-hybridized carbons (Fsp3) is 0.0625. The fourth-order valence-electron chi connectivity index (χ4n) is 1.89. The Balaban J connectivity index is 1.64. The quantitative estimate of drug-likeness (QED) is 0.804. The van der Waals surface area contributed by atoms with E-state index in [1.54, 1.807) is 12.4 Å². The third-order valence-electron chi connectivity index (χ3n) is 3.02. The van der Waals surface area contributed by atoms with Gasteiger partial charge in [0, 0.05) is 28.9 Å². The number of nitrogens with one attached hydrogen (secondary N) is 1. The number of aromatic nitrogens is 2. The van der Waals surface area contributed by atoms with Crippen molar-refractivity contribution in [2.45, 2.75) is 6.54 Å². The molecule has 0 radical (unpaired) electrons. The minimum atomic E-state index is -0.363. The lowest BCUT2D eigenvalue weighted by Crippen LogP contribution is -2.22. The largest absolute Gasteiger partial charge is 0.346 e. The van der Waals surface area contributed by atoms with Crippen LogP contribution >= 0.6 is 11.3 Å². The van der Waals surface area contributed by atoms with Gasteiger partial charge in [-0.2, -0.15) is 0 Å². The van der Waals surface area contributed by atoms with Gasteiger partial charge >= 0.3 is 0 Å². The summed E-state index contributed by atoms with van der Waals surface area (Å²) >= 11 is 1.51. The highest BCUT2D eigenvalue weighted by molar-refractivity contribution is 7.13. The molecule has 0 aliphatic rings. The first-order valence-corrected chi connectivity index (χ1v) is 7.49. The Hall–Kier alpha value is -2.60. The topological polar surface area (TPSA) is 54.9 Å². The van der Waals surface area contributed by atoms with E-state index < -0.39 is 0 Å². The molecule has 0 aliphatic heterocycles. The van der Waals surface area contributed by atoms with Crippen LogP contribution in [0.15, 0.2) is 54.2 Å². The summed E-state index contributed by atoms with van der Waals surface area (Å²) in [5, 5.41) is 5.56. The van der Waals surface area contributed by atoms with Crippen LogP contribution in [-0.2, 0) is 6.54 Å². The molecular weight excluding hydrogens is 301 g/mol. The lowest BCUT2D eigenvalue weighted by atomic mass is 10.2. The summed E-state index contributed by atoms with van der Waals surface area (Å²) in [5.41, 5.74) is 2.20. The predicted octanol–water partition coefficient (Wildman–Crippen LogP) is 3.27. The summed E-state index contributed by atoms with van der Waals surface area (Å²) in [4.78, 5) is 20.4. The molecule has 0 aliphatic carbocycles. The Morgan fingerprint density at radius 1 is 1.14 bits per heavy atom. The SMILES string of the molecule is O=C(NCc1csc(-c2ccncc2)n1)c1ccc(F)cc1. The van der Waals surface area contributed by atoms with Gasteiger partial charge in [-0.05, 0) is 36.4 Å². The lowest BCUT2D eigenvalue weighted by molar-refractivity contribution is 0.0950. The zero-order valence-corrected chi connectivity index (χ0v) is 12.3. The first-order valence-electron chi connectivity index (χ1n) is 6.61. The molecule has 1 aromatic carbocycles. The second-order valence-corrected chi connectivity index (χ2v) is 5.43. The predicted molar refractivity (Wildman–Crippen MR) is 82.9 cm³/mol. The van der Waals surface area contributed by atoms with Crippen molar-refractivity contribution < 1.29 is 9.18 Å². The number of carbonyl (C=O) groups excluding carboxylic acids is 1. The van der Waals surface area contributed by atoms with Crippen LogP contribution in [0.4, 0.5) is 4.39 Å². The molecule has 3 rings (SSSR count). The number of carbonyl (C=O) groups is 1. The van der Waals surface area contributed by atoms with Gasteiger partial charge in [0.25, 0.3) is 5.91 Å². The van der Waals surface area contributed by atoms with Gasteiger partial charge in [-0.3, -0.25) is 9.78 Å². The first kappa shape index (κ1) is 14.3. The monoisotopic (exact) mass is 313 g/mol. The molecule has 2 aromatic heterocycles. The molecule has 4 nitrogen and oxygen atoms in total. The Morgan fingerprint density at radius 2 is 1.86 bits per heavy atom. The normalized spacial score (nSPS) is 10.4. The number of nitrogens with zero attached hydrogens (tertiary/aromatic N) is 2. The molecule has 0 saturated heterocycles. The maximum absolute atomic E-state index is 12.8. The molecule has 110 valence electrons. The molecule has 0 unspecified atom stereocenters. The van der Waals surface area contributed by atoms with Crippen LogP contribution in [0.5, 0.6) is 0 Å². The van der Waals surface area contributed by atoms with E-state index in [2.05, 4.69) is 15.3 Å². The average Bonchev–Trinajstić information content (AvgIpc) is 3.03. The van der Waals surface area contributed by atoms with Gasteiger partial charge in [0.1, 0.15) is 10.8 Å². The van der Waals surface area contributed by atoms with Gasteiger partial charge in [-0.1, -0.05) is 0 Å². The van der Waals surface area contributed by atoms with Crippen LogP contribution in [0.3, 0.4) is 0 Å². The Labute approximate surface area is 130 Å². The molecule has 2 heterocycles. The van der Waals surface area contributed by atoms with Crippen LogP contribution < -0.4 is 5.32 Å². The van der Waals surface area contributed by atoms with E-state index in [-0.39, 0.29) is 11.7 Å². The van der Waals surface area contributed by atoms with Gasteiger partial charge in [0.15, 0.2) is 0 Å². The van der Waals surface area contributed by atoms with E-state index in [4.69, 9.17) is 0 Å². The van der Waals surface area contributed by atoms with Crippen LogP contribution in [-0.4, -0.2) is 15.9 Å². The van der Waals surface area contributed by atoms with Crippen LogP contribution in [0.2, 0.25) is 0 Å². The summed E-state index contributed by atoms with van der Waals surface area (Å²) in [6, 6.07) is 9.21. The zero-order chi connectivity index (χ0) is 15.4. The van der Waals surface area contributed by atoms with E-state index >= 15 is 0 Å². The van der Waals surface area contributed by atoms with Gasteiger partial charge in [-0.25, -0.2) is 9.37 Å². The lowest BCUT2D eigenvalue weighted by Gasteiger charge is -2.03. The second kappa shape index (κ2) is 6.44. The minimum absolute atomic E-state index is 0.251. The molecule has 0 spiro atoms. The number of benzene rings is 1. The Bertz CT molecular complexity index is 772. The highest BCUT2D eigenvalue weighted by atomic mass is 32.1. The molecule has 1 N–H and O–H groups in total. The van der Waals surface area contributed by atoms with Crippen molar-refractivity contribution >= 4 is 17.2 Å². The highest BCUT2D eigenvalue weighted by Gasteiger charge is 2.08. The van der Waals surface area contributed by atoms with E-state index in [1.807, 2.05) is 17.5 Å². The van der Waals surface area contributed by atoms with E-state index in [1.165, 1.54) is 35.6 Å². The summed E-state index contributed by atoms with van der Waals surface area (Å²) in [6.07, 6.45) is 3.43. The molecule has 22 heavy (non-hydrogen) atoms. The van der Waals surface area contributed by atoms with Crippen molar-refractivity contribution in [3.05, 3.63) is 71.2 Å². The third kappa shape index (κ3) is 3.35. The van der Waals surface area contributed by atoms with Crippen molar-refractivity contribution in [1.82, 2.24) is 15.3 Å². The minimum Gasteiger partial charge on any atom is -0.346 e. The smallest absolute Gasteiger partial charge is 0.251 e. The molecule has 0 fully saturated rings. The van der Waals surface area contributed by atoms with E-state index in [9.17, 15) is 9.18 Å². The molecule has 0 saturated carbocycles. The first-order chi connectivity index (χ1) is 10.7. The molecule has 0 bridgehead atoms. The van der Waals surface area contributed by atoms with Gasteiger partial charge in [0.05, 0.1) is 12.2 Å². The maximum atomic E-state index is 12.8. The number of hydrogen-bond acceptors (Lipinski definition) is 4. The number of thiazole rings is 1. The molecule has 0 atom stereocenters. The van der Waals surface area contributed by atoms with Crippen molar-refractivity contribution in [2.24, 2.45) is 0 Å². The Kier molecular flexibility index (Phi) is 4.20. The summed E-state index contributed by atoms with van der Waals surface area (Å²) < 4.78 is 12.8. The summed E-state index contributed by atoms with van der Waals surface area (Å²) in [6.45, 7) is 0.331. The standard InChI is InChI=1S/C16H12FN3OS/c17-13-3-1-11(2-4-13)15(21)19-9-14-10-22-16(20-14)12-5-7-18-8-6-12/h1-8,10H,9H2,(H,19,21). The van der Waals surface area contributed by atoms with E-state index in [0.717, 1.165) is 16.3 Å². The number of rotatable bonds is 4. The molecule has 6 heteroatoms. The van der Waals surface area contributed by atoms with Crippen LogP contribution in [0, 0.1) is 5.82 Å². The van der Waals surface area contributed by atoms with Gasteiger partial charge < -0.3 is 5.32 Å². The average molecular weight is 313 g/mol. The van der Waals surface area contributed by atoms with Crippen molar-refractivity contribution in [3.8, 4) is 10.6 Å². The third-order valence-corrected chi connectivity index (χ3v) is 3.96. The highest BCUT2D eigenvalue weighted by Crippen LogP contribution is 2.22. The number of halogens is 1. The maximum Gasteiger partial charge on any atom is 0.251 e. The van der Waals surface area contributed by atoms with Crippen molar-refractivity contribution in [3.63, 3.8) is 0 Å².